The monoisotopic (exact) mass is 463 g/mol. The molecule has 6 rings (SSSR count). The van der Waals surface area contributed by atoms with Crippen LogP contribution in [0, 0.1) is 0 Å². The Morgan fingerprint density at radius 3 is 2.74 bits per heavy atom. The van der Waals surface area contributed by atoms with Crippen LogP contribution in [0.1, 0.15) is 29.7 Å². The Morgan fingerprint density at radius 1 is 0.914 bits per heavy atom. The maximum absolute atomic E-state index is 4.94. The van der Waals surface area contributed by atoms with Gasteiger partial charge in [0.25, 0.3) is 0 Å². The molecule has 1 aromatic carbocycles. The first kappa shape index (κ1) is 21.7. The predicted molar refractivity (Wildman–Crippen MR) is 141 cm³/mol. The number of fused-ring (bicyclic) bond motifs is 2. The first-order valence-electron chi connectivity index (χ1n) is 12.3. The summed E-state index contributed by atoms with van der Waals surface area (Å²) in [4.78, 5) is 23.4. The van der Waals surface area contributed by atoms with Crippen LogP contribution >= 0.6 is 0 Å². The Bertz CT molecular complexity index is 1390. The molecular formula is C28H29N7. The van der Waals surface area contributed by atoms with Crippen molar-refractivity contribution in [2.24, 2.45) is 0 Å². The molecule has 1 saturated heterocycles. The number of nitrogens with one attached hydrogen (secondary N) is 1. The quantitative estimate of drug-likeness (QED) is 0.471. The van der Waals surface area contributed by atoms with Crippen molar-refractivity contribution in [3.8, 4) is 0 Å². The summed E-state index contributed by atoms with van der Waals surface area (Å²) in [6.45, 7) is 4.08. The number of nitrogens with zero attached hydrogens (tertiary/aromatic N) is 6. The van der Waals surface area contributed by atoms with Gasteiger partial charge in [-0.15, -0.1) is 0 Å². The summed E-state index contributed by atoms with van der Waals surface area (Å²) in [6.07, 6.45) is 11.0. The van der Waals surface area contributed by atoms with Gasteiger partial charge in [-0.2, -0.15) is 0 Å². The molecule has 0 bridgehead atoms. The van der Waals surface area contributed by atoms with E-state index < -0.39 is 0 Å². The molecule has 7 nitrogen and oxygen atoms in total. The van der Waals surface area contributed by atoms with Gasteiger partial charge in [0.2, 0.25) is 5.95 Å². The fourth-order valence-electron chi connectivity index (χ4n) is 4.87. The molecule has 1 fully saturated rings. The van der Waals surface area contributed by atoms with Crippen molar-refractivity contribution in [3.63, 3.8) is 0 Å². The topological polar surface area (TPSA) is 70.1 Å². The highest BCUT2D eigenvalue weighted by molar-refractivity contribution is 5.88. The number of anilines is 3. The number of likely N-dealkylation sites (N-methyl/N-ethyl adjacent to an activating group) is 1. The molecule has 1 aliphatic heterocycles. The average Bonchev–Trinajstić information content (AvgIpc) is 3.11. The standard InChI is InChI=1S/C28H29N7/c1-34-13-15-35(16-14-34)27-18-22(10-12-30-27)32-28-31-19-24-23(6-2-3-7-26(24)33-28)20-8-9-25-21(17-20)5-4-11-29-25/h4-6,8-12,17-19H,2-3,7,13-16H2,1H3,(H,30,31,32,33). The van der Waals surface area contributed by atoms with Crippen LogP contribution in [-0.2, 0) is 6.42 Å². The van der Waals surface area contributed by atoms with E-state index in [4.69, 9.17) is 9.97 Å². The van der Waals surface area contributed by atoms with Gasteiger partial charge >= 0.3 is 0 Å². The molecule has 0 atom stereocenters. The average molecular weight is 464 g/mol. The van der Waals surface area contributed by atoms with E-state index in [0.29, 0.717) is 5.95 Å². The molecule has 3 aromatic heterocycles. The third-order valence-electron chi connectivity index (χ3n) is 6.87. The molecule has 0 radical (unpaired) electrons. The molecule has 1 N–H and O–H groups in total. The second-order valence-corrected chi connectivity index (χ2v) is 9.29. The molecule has 176 valence electrons. The van der Waals surface area contributed by atoms with Crippen LogP contribution in [0.5, 0.6) is 0 Å². The maximum atomic E-state index is 4.94. The summed E-state index contributed by atoms with van der Waals surface area (Å²) in [5.74, 6) is 1.62. The van der Waals surface area contributed by atoms with Crippen LogP contribution in [0.15, 0.2) is 67.1 Å². The molecule has 0 amide bonds. The zero-order valence-corrected chi connectivity index (χ0v) is 20.0. The number of aromatic nitrogens is 4. The summed E-state index contributed by atoms with van der Waals surface area (Å²) in [5.41, 5.74) is 6.56. The number of hydrogen-bond donors (Lipinski definition) is 1. The van der Waals surface area contributed by atoms with Gasteiger partial charge in [0, 0.05) is 67.5 Å². The van der Waals surface area contributed by atoms with Gasteiger partial charge < -0.3 is 15.1 Å². The van der Waals surface area contributed by atoms with Crippen LogP contribution in [-0.4, -0.2) is 58.1 Å². The SMILES string of the molecule is CN1CCN(c2cc(Nc3ncc4c(n3)CCCC=C4c3ccc4ncccc4c3)ccn2)CC1. The van der Waals surface area contributed by atoms with E-state index in [1.165, 1.54) is 11.1 Å². The number of hydrogen-bond acceptors (Lipinski definition) is 7. The Morgan fingerprint density at radius 2 is 1.83 bits per heavy atom. The van der Waals surface area contributed by atoms with Gasteiger partial charge in [-0.05, 0) is 61.7 Å². The van der Waals surface area contributed by atoms with E-state index in [-0.39, 0.29) is 0 Å². The van der Waals surface area contributed by atoms with Gasteiger partial charge in [-0.3, -0.25) is 4.98 Å². The molecule has 35 heavy (non-hydrogen) atoms. The van der Waals surface area contributed by atoms with Crippen LogP contribution < -0.4 is 10.2 Å². The second-order valence-electron chi connectivity index (χ2n) is 9.29. The highest BCUT2D eigenvalue weighted by Gasteiger charge is 2.18. The number of aryl methyl sites for hydroxylation is 1. The van der Waals surface area contributed by atoms with Gasteiger partial charge in [0.1, 0.15) is 5.82 Å². The molecular weight excluding hydrogens is 434 g/mol. The third-order valence-corrected chi connectivity index (χ3v) is 6.87. The highest BCUT2D eigenvalue weighted by Crippen LogP contribution is 2.32. The fourth-order valence-corrected chi connectivity index (χ4v) is 4.87. The Kier molecular flexibility index (Phi) is 5.84. The van der Waals surface area contributed by atoms with Crippen molar-refractivity contribution in [1.29, 1.82) is 0 Å². The summed E-state index contributed by atoms with van der Waals surface area (Å²) >= 11 is 0. The smallest absolute Gasteiger partial charge is 0.227 e. The lowest BCUT2D eigenvalue weighted by Crippen LogP contribution is -2.44. The normalized spacial score (nSPS) is 16.5. The molecule has 0 spiro atoms. The first-order valence-corrected chi connectivity index (χ1v) is 12.3. The van der Waals surface area contributed by atoms with Crippen molar-refractivity contribution >= 4 is 33.9 Å². The van der Waals surface area contributed by atoms with Crippen molar-refractivity contribution in [2.75, 3.05) is 43.4 Å². The lowest BCUT2D eigenvalue weighted by Gasteiger charge is -2.33. The summed E-state index contributed by atoms with van der Waals surface area (Å²) in [5, 5.41) is 4.56. The van der Waals surface area contributed by atoms with Crippen LogP contribution in [0.3, 0.4) is 0 Å². The van der Waals surface area contributed by atoms with E-state index in [1.807, 2.05) is 30.7 Å². The number of benzene rings is 1. The molecule has 4 heterocycles. The molecule has 0 unspecified atom stereocenters. The van der Waals surface area contributed by atoms with Crippen molar-refractivity contribution < 1.29 is 0 Å². The molecule has 7 heteroatoms. The fraction of sp³-hybridized carbons (Fsp3) is 0.286. The summed E-state index contributed by atoms with van der Waals surface area (Å²) in [7, 11) is 2.16. The van der Waals surface area contributed by atoms with Crippen LogP contribution in [0.2, 0.25) is 0 Å². The van der Waals surface area contributed by atoms with E-state index in [1.54, 1.807) is 0 Å². The minimum Gasteiger partial charge on any atom is -0.354 e. The second kappa shape index (κ2) is 9.43. The zero-order valence-electron chi connectivity index (χ0n) is 20.0. The predicted octanol–water partition coefficient (Wildman–Crippen LogP) is 4.68. The minimum atomic E-state index is 0.628. The number of piperazine rings is 1. The Labute approximate surface area is 205 Å². The molecule has 0 saturated carbocycles. The summed E-state index contributed by atoms with van der Waals surface area (Å²) in [6, 6.07) is 14.6. The first-order chi connectivity index (χ1) is 17.2. The summed E-state index contributed by atoms with van der Waals surface area (Å²) < 4.78 is 0. The highest BCUT2D eigenvalue weighted by atomic mass is 15.3. The van der Waals surface area contributed by atoms with E-state index in [0.717, 1.165) is 79.1 Å². The van der Waals surface area contributed by atoms with Crippen LogP contribution in [0.25, 0.3) is 16.5 Å². The lowest BCUT2D eigenvalue weighted by atomic mass is 9.96. The van der Waals surface area contributed by atoms with Crippen molar-refractivity contribution in [1.82, 2.24) is 24.8 Å². The lowest BCUT2D eigenvalue weighted by molar-refractivity contribution is 0.312. The third kappa shape index (κ3) is 4.59. The Hall–Kier alpha value is -3.84. The molecule has 4 aromatic rings. The van der Waals surface area contributed by atoms with Crippen LogP contribution in [0.4, 0.5) is 17.5 Å². The van der Waals surface area contributed by atoms with Gasteiger partial charge in [-0.25, -0.2) is 15.0 Å². The molecule has 2 aliphatic rings. The number of rotatable bonds is 4. The largest absolute Gasteiger partial charge is 0.354 e. The van der Waals surface area contributed by atoms with Gasteiger partial charge in [0.15, 0.2) is 0 Å². The van der Waals surface area contributed by atoms with E-state index >= 15 is 0 Å². The zero-order chi connectivity index (χ0) is 23.6. The van der Waals surface area contributed by atoms with E-state index in [2.05, 4.69) is 68.5 Å². The maximum Gasteiger partial charge on any atom is 0.227 e. The molecule has 1 aliphatic carbocycles. The van der Waals surface area contributed by atoms with Gasteiger partial charge in [-0.1, -0.05) is 18.2 Å². The van der Waals surface area contributed by atoms with Crippen molar-refractivity contribution in [2.45, 2.75) is 19.3 Å². The minimum absolute atomic E-state index is 0.628. The van der Waals surface area contributed by atoms with E-state index in [9.17, 15) is 0 Å². The van der Waals surface area contributed by atoms with Crippen molar-refractivity contribution in [3.05, 3.63) is 84.0 Å². The Balaban J connectivity index is 1.26. The van der Waals surface area contributed by atoms with Gasteiger partial charge in [0.05, 0.1) is 11.2 Å². The number of pyridine rings is 2. The number of allylic oxidation sites excluding steroid dienone is 1.